The van der Waals surface area contributed by atoms with E-state index in [2.05, 4.69) is 10.3 Å². The summed E-state index contributed by atoms with van der Waals surface area (Å²) in [4.78, 5) is 30.2. The van der Waals surface area contributed by atoms with Crippen LogP contribution in [0.1, 0.15) is 32.1 Å². The molecular weight excluding hydrogens is 254 g/mol. The summed E-state index contributed by atoms with van der Waals surface area (Å²) < 4.78 is 0. The first-order chi connectivity index (χ1) is 9.75. The number of rotatable bonds is 2. The van der Waals surface area contributed by atoms with Crippen LogP contribution in [0.15, 0.2) is 24.5 Å². The molecule has 1 saturated heterocycles. The van der Waals surface area contributed by atoms with Crippen LogP contribution < -0.4 is 10.2 Å². The minimum Gasteiger partial charge on any atom is -0.342 e. The van der Waals surface area contributed by atoms with Crippen LogP contribution in [-0.4, -0.2) is 29.4 Å². The number of carbonyl (C=O) groups excluding carboxylic acids is 2. The van der Waals surface area contributed by atoms with Gasteiger partial charge in [0.15, 0.2) is 0 Å². The predicted octanol–water partition coefficient (Wildman–Crippen LogP) is 1.49. The highest BCUT2D eigenvalue weighted by atomic mass is 16.2. The zero-order valence-electron chi connectivity index (χ0n) is 11.4. The molecule has 1 unspecified atom stereocenters. The van der Waals surface area contributed by atoms with Gasteiger partial charge in [-0.1, -0.05) is 19.3 Å². The van der Waals surface area contributed by atoms with E-state index in [1.165, 1.54) is 6.42 Å². The molecule has 20 heavy (non-hydrogen) atoms. The van der Waals surface area contributed by atoms with Crippen molar-refractivity contribution in [2.45, 2.75) is 38.1 Å². The topological polar surface area (TPSA) is 62.3 Å². The number of amides is 2. The third kappa shape index (κ3) is 2.53. The van der Waals surface area contributed by atoms with Crippen LogP contribution in [-0.2, 0) is 9.59 Å². The number of nitrogens with one attached hydrogen (secondary N) is 1. The lowest BCUT2D eigenvalue weighted by molar-refractivity contribution is -0.132. The quantitative estimate of drug-likeness (QED) is 0.888. The SMILES string of the molecule is O=C1CN(c2cccnc2)C(=O)C(C2CCCCC2)N1. The number of carbonyl (C=O) groups is 2. The Morgan fingerprint density at radius 2 is 2.00 bits per heavy atom. The van der Waals surface area contributed by atoms with Crippen molar-refractivity contribution in [3.8, 4) is 0 Å². The number of pyridine rings is 1. The summed E-state index contributed by atoms with van der Waals surface area (Å²) in [5, 5.41) is 2.89. The van der Waals surface area contributed by atoms with E-state index in [0.29, 0.717) is 5.69 Å². The highest BCUT2D eigenvalue weighted by molar-refractivity contribution is 6.06. The highest BCUT2D eigenvalue weighted by Crippen LogP contribution is 2.29. The molecule has 0 bridgehead atoms. The van der Waals surface area contributed by atoms with Gasteiger partial charge in [-0.3, -0.25) is 19.5 Å². The van der Waals surface area contributed by atoms with Gasteiger partial charge in [-0.2, -0.15) is 0 Å². The smallest absolute Gasteiger partial charge is 0.250 e. The molecule has 2 heterocycles. The maximum absolute atomic E-state index is 12.7. The maximum atomic E-state index is 12.7. The Labute approximate surface area is 118 Å². The fraction of sp³-hybridized carbons (Fsp3) is 0.533. The number of nitrogens with zero attached hydrogens (tertiary/aromatic N) is 2. The summed E-state index contributed by atoms with van der Waals surface area (Å²) in [6, 6.07) is 3.24. The molecule has 5 heteroatoms. The lowest BCUT2D eigenvalue weighted by Crippen LogP contribution is -2.61. The third-order valence-electron chi connectivity index (χ3n) is 4.23. The molecule has 0 spiro atoms. The lowest BCUT2D eigenvalue weighted by atomic mass is 9.82. The number of piperazine rings is 1. The average Bonchev–Trinajstić information content (AvgIpc) is 2.51. The summed E-state index contributed by atoms with van der Waals surface area (Å²) in [7, 11) is 0. The van der Waals surface area contributed by atoms with Gasteiger partial charge in [-0.05, 0) is 30.9 Å². The summed E-state index contributed by atoms with van der Waals surface area (Å²) in [6.07, 6.45) is 8.88. The molecule has 0 aromatic carbocycles. The van der Waals surface area contributed by atoms with Crippen molar-refractivity contribution in [1.82, 2.24) is 10.3 Å². The van der Waals surface area contributed by atoms with Gasteiger partial charge in [0, 0.05) is 6.20 Å². The summed E-state index contributed by atoms with van der Waals surface area (Å²) in [5.41, 5.74) is 0.702. The van der Waals surface area contributed by atoms with Crippen LogP contribution in [0, 0.1) is 5.92 Å². The van der Waals surface area contributed by atoms with Crippen LogP contribution in [0.4, 0.5) is 5.69 Å². The normalized spacial score (nSPS) is 24.6. The number of hydrogen-bond donors (Lipinski definition) is 1. The van der Waals surface area contributed by atoms with Crippen molar-refractivity contribution >= 4 is 17.5 Å². The molecule has 2 fully saturated rings. The highest BCUT2D eigenvalue weighted by Gasteiger charge is 2.38. The Morgan fingerprint density at radius 3 is 2.70 bits per heavy atom. The van der Waals surface area contributed by atoms with Crippen molar-refractivity contribution in [2.24, 2.45) is 5.92 Å². The van der Waals surface area contributed by atoms with E-state index in [9.17, 15) is 9.59 Å². The first-order valence-corrected chi connectivity index (χ1v) is 7.26. The van der Waals surface area contributed by atoms with Crippen LogP contribution in [0.25, 0.3) is 0 Å². The van der Waals surface area contributed by atoms with E-state index < -0.39 is 0 Å². The second-order valence-electron chi connectivity index (χ2n) is 5.58. The van der Waals surface area contributed by atoms with Crippen LogP contribution >= 0.6 is 0 Å². The number of hydrogen-bond acceptors (Lipinski definition) is 3. The van der Waals surface area contributed by atoms with Crippen molar-refractivity contribution in [1.29, 1.82) is 0 Å². The number of aromatic nitrogens is 1. The maximum Gasteiger partial charge on any atom is 0.250 e. The summed E-state index contributed by atoms with van der Waals surface area (Å²) >= 11 is 0. The lowest BCUT2D eigenvalue weighted by Gasteiger charge is -2.37. The standard InChI is InChI=1S/C15H19N3O2/c19-13-10-18(12-7-4-8-16-9-12)15(20)14(17-13)11-5-2-1-3-6-11/h4,7-9,11,14H,1-3,5-6,10H2,(H,17,19). The van der Waals surface area contributed by atoms with Gasteiger partial charge in [0.05, 0.1) is 11.9 Å². The Hall–Kier alpha value is -1.91. The summed E-state index contributed by atoms with van der Waals surface area (Å²) in [5.74, 6) is 0.202. The fourth-order valence-corrected chi connectivity index (χ4v) is 3.19. The second-order valence-corrected chi connectivity index (χ2v) is 5.58. The van der Waals surface area contributed by atoms with E-state index in [0.717, 1.165) is 25.7 Å². The van der Waals surface area contributed by atoms with E-state index >= 15 is 0 Å². The molecule has 1 N–H and O–H groups in total. The van der Waals surface area contributed by atoms with Gasteiger partial charge >= 0.3 is 0 Å². The Kier molecular flexibility index (Phi) is 3.67. The molecular formula is C15H19N3O2. The van der Waals surface area contributed by atoms with Gasteiger partial charge in [-0.25, -0.2) is 0 Å². The molecule has 0 radical (unpaired) electrons. The molecule has 1 aromatic heterocycles. The molecule has 1 aliphatic carbocycles. The molecule has 3 rings (SSSR count). The first kappa shape index (κ1) is 13.1. The minimum absolute atomic E-state index is 0.00417. The Morgan fingerprint density at radius 1 is 1.20 bits per heavy atom. The van der Waals surface area contributed by atoms with E-state index in [1.54, 1.807) is 23.4 Å². The molecule has 106 valence electrons. The van der Waals surface area contributed by atoms with Crippen LogP contribution in [0.2, 0.25) is 0 Å². The van der Waals surface area contributed by atoms with Gasteiger partial charge in [0.2, 0.25) is 11.8 Å². The molecule has 1 saturated carbocycles. The second kappa shape index (κ2) is 5.61. The van der Waals surface area contributed by atoms with Crippen LogP contribution in [0.5, 0.6) is 0 Å². The predicted molar refractivity (Wildman–Crippen MR) is 75.1 cm³/mol. The Balaban J connectivity index is 1.82. The Bertz CT molecular complexity index is 497. The largest absolute Gasteiger partial charge is 0.342 e. The first-order valence-electron chi connectivity index (χ1n) is 7.26. The van der Waals surface area contributed by atoms with Gasteiger partial charge in [0.25, 0.3) is 0 Å². The van der Waals surface area contributed by atoms with E-state index in [1.807, 2.05) is 6.07 Å². The molecule has 5 nitrogen and oxygen atoms in total. The van der Waals surface area contributed by atoms with E-state index in [4.69, 9.17) is 0 Å². The fourth-order valence-electron chi connectivity index (χ4n) is 3.19. The van der Waals surface area contributed by atoms with Crippen LogP contribution in [0.3, 0.4) is 0 Å². The van der Waals surface area contributed by atoms with Crippen molar-refractivity contribution in [3.63, 3.8) is 0 Å². The molecule has 2 amide bonds. The zero-order chi connectivity index (χ0) is 13.9. The molecule has 2 aliphatic rings. The van der Waals surface area contributed by atoms with Crippen molar-refractivity contribution in [3.05, 3.63) is 24.5 Å². The minimum atomic E-state index is -0.364. The zero-order valence-corrected chi connectivity index (χ0v) is 11.4. The molecule has 1 atom stereocenters. The number of anilines is 1. The van der Waals surface area contributed by atoms with Gasteiger partial charge in [0.1, 0.15) is 12.6 Å². The third-order valence-corrected chi connectivity index (χ3v) is 4.23. The average molecular weight is 273 g/mol. The summed E-state index contributed by atoms with van der Waals surface area (Å²) in [6.45, 7) is 0.0910. The molecule has 1 aliphatic heterocycles. The molecule has 1 aromatic rings. The van der Waals surface area contributed by atoms with Crippen molar-refractivity contribution < 1.29 is 9.59 Å². The van der Waals surface area contributed by atoms with Crippen molar-refractivity contribution in [2.75, 3.05) is 11.4 Å². The van der Waals surface area contributed by atoms with Gasteiger partial charge < -0.3 is 5.32 Å². The monoisotopic (exact) mass is 273 g/mol. The van der Waals surface area contributed by atoms with Gasteiger partial charge in [-0.15, -0.1) is 0 Å². The van der Waals surface area contributed by atoms with E-state index in [-0.39, 0.29) is 30.3 Å².